The maximum Gasteiger partial charge on any atom is 0.144 e. The number of nitrogens with zero attached hydrogens (tertiary/aromatic N) is 1. The number of anilines is 2. The number of likely N-dealkylation sites (tertiary alicyclic amines) is 1. The Morgan fingerprint density at radius 3 is 2.79 bits per heavy atom. The lowest BCUT2D eigenvalue weighted by atomic mass is 9.97. The standard InChI is InChI=1S/C15H25N3O/c1-3-19-15-10-13(4-5-14(15)16)17-11-12-6-8-18(2)9-7-12/h4-5,10,12,17H,3,6-9,11,16H2,1-2H3. The van der Waals surface area contributed by atoms with Crippen LogP contribution in [0.15, 0.2) is 18.2 Å². The molecule has 0 saturated carbocycles. The molecule has 1 fully saturated rings. The fourth-order valence-corrected chi connectivity index (χ4v) is 2.45. The highest BCUT2D eigenvalue weighted by Crippen LogP contribution is 2.26. The molecule has 1 aliphatic rings. The van der Waals surface area contributed by atoms with Gasteiger partial charge in [0.1, 0.15) is 5.75 Å². The van der Waals surface area contributed by atoms with Crippen LogP contribution in [0, 0.1) is 5.92 Å². The normalized spacial score (nSPS) is 17.4. The second-order valence-corrected chi connectivity index (χ2v) is 5.31. The van der Waals surface area contributed by atoms with Gasteiger partial charge in [-0.15, -0.1) is 0 Å². The van der Waals surface area contributed by atoms with Crippen LogP contribution in [0.4, 0.5) is 11.4 Å². The molecule has 1 aliphatic heterocycles. The van der Waals surface area contributed by atoms with Crippen molar-refractivity contribution in [3.05, 3.63) is 18.2 Å². The average molecular weight is 263 g/mol. The van der Waals surface area contributed by atoms with Gasteiger partial charge >= 0.3 is 0 Å². The lowest BCUT2D eigenvalue weighted by molar-refractivity contribution is 0.226. The third-order valence-electron chi connectivity index (χ3n) is 3.75. The third-order valence-corrected chi connectivity index (χ3v) is 3.75. The van der Waals surface area contributed by atoms with E-state index in [1.54, 1.807) is 0 Å². The predicted molar refractivity (Wildman–Crippen MR) is 80.7 cm³/mol. The van der Waals surface area contributed by atoms with Crippen molar-refractivity contribution in [1.29, 1.82) is 0 Å². The first-order chi connectivity index (χ1) is 9.19. The van der Waals surface area contributed by atoms with Gasteiger partial charge in [0.2, 0.25) is 0 Å². The van der Waals surface area contributed by atoms with Crippen LogP contribution in [0.5, 0.6) is 5.75 Å². The van der Waals surface area contributed by atoms with Gasteiger partial charge in [-0.2, -0.15) is 0 Å². The van der Waals surface area contributed by atoms with Gasteiger partial charge in [0.15, 0.2) is 0 Å². The van der Waals surface area contributed by atoms with Gasteiger partial charge in [0.25, 0.3) is 0 Å². The first-order valence-corrected chi connectivity index (χ1v) is 7.13. The molecule has 0 aliphatic carbocycles. The zero-order valence-electron chi connectivity index (χ0n) is 12.0. The van der Waals surface area contributed by atoms with E-state index in [9.17, 15) is 0 Å². The van der Waals surface area contributed by atoms with Crippen LogP contribution in [0.25, 0.3) is 0 Å². The minimum atomic E-state index is 0.641. The molecular formula is C15H25N3O. The SMILES string of the molecule is CCOc1cc(NCC2CCN(C)CC2)ccc1N. The number of hydrogen-bond acceptors (Lipinski definition) is 4. The number of ether oxygens (including phenoxy) is 1. The van der Waals surface area contributed by atoms with Crippen molar-refractivity contribution < 1.29 is 4.74 Å². The minimum absolute atomic E-state index is 0.641. The molecule has 1 aromatic rings. The van der Waals surface area contributed by atoms with E-state index in [1.165, 1.54) is 25.9 Å². The lowest BCUT2D eigenvalue weighted by Gasteiger charge is -2.29. The molecule has 4 heteroatoms. The minimum Gasteiger partial charge on any atom is -0.492 e. The molecule has 0 unspecified atom stereocenters. The van der Waals surface area contributed by atoms with Gasteiger partial charge in [-0.25, -0.2) is 0 Å². The molecule has 0 aromatic heterocycles. The van der Waals surface area contributed by atoms with Gasteiger partial charge in [0.05, 0.1) is 12.3 Å². The first-order valence-electron chi connectivity index (χ1n) is 7.13. The number of nitrogens with two attached hydrogens (primary N) is 1. The Balaban J connectivity index is 1.87. The van der Waals surface area contributed by atoms with Crippen molar-refractivity contribution in [3.8, 4) is 5.75 Å². The molecule has 3 N–H and O–H groups in total. The molecule has 0 amide bonds. The number of nitrogen functional groups attached to an aromatic ring is 1. The summed E-state index contributed by atoms with van der Waals surface area (Å²) in [6, 6.07) is 5.92. The monoisotopic (exact) mass is 263 g/mol. The molecule has 1 saturated heterocycles. The highest BCUT2D eigenvalue weighted by Gasteiger charge is 2.16. The highest BCUT2D eigenvalue weighted by atomic mass is 16.5. The van der Waals surface area contributed by atoms with Crippen molar-refractivity contribution in [1.82, 2.24) is 4.90 Å². The van der Waals surface area contributed by atoms with Crippen LogP contribution < -0.4 is 15.8 Å². The summed E-state index contributed by atoms with van der Waals surface area (Å²) in [6.45, 7) is 6.06. The zero-order valence-corrected chi connectivity index (χ0v) is 12.0. The van der Waals surface area contributed by atoms with Crippen molar-refractivity contribution in [2.45, 2.75) is 19.8 Å². The molecule has 2 rings (SSSR count). The summed E-state index contributed by atoms with van der Waals surface area (Å²) in [5, 5.41) is 3.50. The van der Waals surface area contributed by atoms with E-state index >= 15 is 0 Å². The maximum absolute atomic E-state index is 5.87. The van der Waals surface area contributed by atoms with Crippen molar-refractivity contribution in [3.63, 3.8) is 0 Å². The van der Waals surface area contributed by atoms with E-state index in [-0.39, 0.29) is 0 Å². The van der Waals surface area contributed by atoms with Crippen LogP contribution >= 0.6 is 0 Å². The van der Waals surface area contributed by atoms with Gasteiger partial charge in [-0.1, -0.05) is 0 Å². The molecule has 0 spiro atoms. The fraction of sp³-hybridized carbons (Fsp3) is 0.600. The highest BCUT2D eigenvalue weighted by molar-refractivity contribution is 5.61. The molecule has 106 valence electrons. The van der Waals surface area contributed by atoms with Crippen LogP contribution in [-0.4, -0.2) is 38.2 Å². The summed E-state index contributed by atoms with van der Waals surface area (Å²) in [5.74, 6) is 1.54. The van der Waals surface area contributed by atoms with Crippen LogP contribution in [-0.2, 0) is 0 Å². The molecule has 0 bridgehead atoms. The number of nitrogens with one attached hydrogen (secondary N) is 1. The summed E-state index contributed by atoms with van der Waals surface area (Å²) in [4.78, 5) is 2.40. The predicted octanol–water partition coefficient (Wildman–Crippen LogP) is 2.42. The van der Waals surface area contributed by atoms with Crippen molar-refractivity contribution in [2.75, 3.05) is 44.3 Å². The third kappa shape index (κ3) is 4.03. The first kappa shape index (κ1) is 14.0. The molecule has 1 aromatic carbocycles. The summed E-state index contributed by atoms with van der Waals surface area (Å²) in [5.41, 5.74) is 7.67. The molecular weight excluding hydrogens is 238 g/mol. The van der Waals surface area contributed by atoms with Crippen molar-refractivity contribution in [2.24, 2.45) is 5.92 Å². The van der Waals surface area contributed by atoms with Gasteiger partial charge in [0, 0.05) is 18.3 Å². The molecule has 0 atom stereocenters. The second kappa shape index (κ2) is 6.66. The van der Waals surface area contributed by atoms with Gasteiger partial charge < -0.3 is 20.7 Å². The van der Waals surface area contributed by atoms with Crippen LogP contribution in [0.2, 0.25) is 0 Å². The number of hydrogen-bond donors (Lipinski definition) is 2. The van der Waals surface area contributed by atoms with E-state index < -0.39 is 0 Å². The Morgan fingerprint density at radius 2 is 2.11 bits per heavy atom. The Bertz CT molecular complexity index is 400. The fourth-order valence-electron chi connectivity index (χ4n) is 2.45. The Kier molecular flexibility index (Phi) is 4.91. The Labute approximate surface area is 115 Å². The zero-order chi connectivity index (χ0) is 13.7. The van der Waals surface area contributed by atoms with Gasteiger partial charge in [-0.05, 0) is 58.0 Å². The van der Waals surface area contributed by atoms with Gasteiger partial charge in [-0.3, -0.25) is 0 Å². The smallest absolute Gasteiger partial charge is 0.144 e. The lowest BCUT2D eigenvalue weighted by Crippen LogP contribution is -2.32. The quantitative estimate of drug-likeness (QED) is 0.801. The number of benzene rings is 1. The average Bonchev–Trinajstić information content (AvgIpc) is 2.42. The number of piperidine rings is 1. The maximum atomic E-state index is 5.87. The van der Waals surface area contributed by atoms with Crippen LogP contribution in [0.3, 0.4) is 0 Å². The van der Waals surface area contributed by atoms with E-state index in [2.05, 4.69) is 17.3 Å². The number of rotatable bonds is 5. The Hall–Kier alpha value is -1.42. The van der Waals surface area contributed by atoms with E-state index in [4.69, 9.17) is 10.5 Å². The van der Waals surface area contributed by atoms with E-state index in [1.807, 2.05) is 25.1 Å². The summed E-state index contributed by atoms with van der Waals surface area (Å²) in [7, 11) is 2.19. The summed E-state index contributed by atoms with van der Waals surface area (Å²) < 4.78 is 5.51. The van der Waals surface area contributed by atoms with E-state index in [0.717, 1.165) is 23.9 Å². The molecule has 0 radical (unpaired) electrons. The molecule has 19 heavy (non-hydrogen) atoms. The van der Waals surface area contributed by atoms with Crippen LogP contribution in [0.1, 0.15) is 19.8 Å². The molecule has 1 heterocycles. The summed E-state index contributed by atoms with van der Waals surface area (Å²) in [6.07, 6.45) is 2.55. The molecule has 4 nitrogen and oxygen atoms in total. The van der Waals surface area contributed by atoms with E-state index in [0.29, 0.717) is 12.3 Å². The largest absolute Gasteiger partial charge is 0.492 e. The second-order valence-electron chi connectivity index (χ2n) is 5.31. The van der Waals surface area contributed by atoms with Crippen molar-refractivity contribution >= 4 is 11.4 Å². The topological polar surface area (TPSA) is 50.5 Å². The Morgan fingerprint density at radius 1 is 1.37 bits per heavy atom. The summed E-state index contributed by atoms with van der Waals surface area (Å²) >= 11 is 0.